The van der Waals surface area contributed by atoms with E-state index in [1.54, 1.807) is 30.0 Å². The summed E-state index contributed by atoms with van der Waals surface area (Å²) in [6.45, 7) is 0.129. The summed E-state index contributed by atoms with van der Waals surface area (Å²) in [6.07, 6.45) is 2.41. The van der Waals surface area contributed by atoms with E-state index in [0.717, 1.165) is 10.2 Å². The van der Waals surface area contributed by atoms with Gasteiger partial charge in [-0.3, -0.25) is 4.79 Å². The van der Waals surface area contributed by atoms with Gasteiger partial charge in [0.05, 0.1) is 12.1 Å². The molecule has 158 valence electrons. The molecule has 1 unspecified atom stereocenters. The number of carboxylic acid groups (broad SMARTS) is 1. The molecule has 0 aromatic heterocycles. The number of carbonyl (C=O) groups is 1. The van der Waals surface area contributed by atoms with Gasteiger partial charge in [-0.05, 0) is 42.7 Å². The third-order valence-electron chi connectivity index (χ3n) is 4.24. The van der Waals surface area contributed by atoms with E-state index in [1.165, 1.54) is 19.2 Å². The molecule has 0 spiro atoms. The minimum Gasteiger partial charge on any atom is -0.493 e. The first-order valence-corrected chi connectivity index (χ1v) is 11.3. The Bertz CT molecular complexity index is 835. The first kappa shape index (κ1) is 23.8. The van der Waals surface area contributed by atoms with Crippen LogP contribution in [0.15, 0.2) is 34.8 Å². The van der Waals surface area contributed by atoms with Crippen LogP contribution in [0.2, 0.25) is 5.02 Å². The topological polar surface area (TPSA) is 67.8 Å². The quantitative estimate of drug-likeness (QED) is 0.441. The largest absolute Gasteiger partial charge is 0.493 e. The number of nitrogens with one attached hydrogen (secondary N) is 1. The maximum absolute atomic E-state index is 14.1. The summed E-state index contributed by atoms with van der Waals surface area (Å²) in [5, 5.41) is 12.7. The Balaban J connectivity index is 2.26. The molecule has 0 radical (unpaired) electrons. The minimum absolute atomic E-state index is 0.0971. The number of ether oxygens (including phenoxy) is 2. The summed E-state index contributed by atoms with van der Waals surface area (Å²) < 4.78 is 26.1. The van der Waals surface area contributed by atoms with Crippen molar-refractivity contribution in [2.75, 3.05) is 19.1 Å². The van der Waals surface area contributed by atoms with Crippen LogP contribution in [0.25, 0.3) is 0 Å². The molecule has 0 aliphatic heterocycles. The Labute approximate surface area is 187 Å². The number of hydrogen-bond donors (Lipinski definition) is 2. The zero-order valence-electron chi connectivity index (χ0n) is 16.0. The zero-order valence-corrected chi connectivity index (χ0v) is 19.2. The molecule has 0 aliphatic carbocycles. The van der Waals surface area contributed by atoms with E-state index in [-0.39, 0.29) is 23.7 Å². The summed E-state index contributed by atoms with van der Waals surface area (Å²) in [5.41, 5.74) is 0.908. The number of hydrogen-bond acceptors (Lipinski definition) is 5. The third-order valence-corrected chi connectivity index (χ3v) is 5.98. The van der Waals surface area contributed by atoms with Crippen LogP contribution in [0.3, 0.4) is 0 Å². The molecule has 29 heavy (non-hydrogen) atoms. The van der Waals surface area contributed by atoms with Crippen LogP contribution in [0.4, 0.5) is 4.39 Å². The number of methoxy groups -OCH3 is 1. The van der Waals surface area contributed by atoms with Crippen LogP contribution in [0.5, 0.6) is 11.5 Å². The second-order valence-electron chi connectivity index (χ2n) is 6.10. The second kappa shape index (κ2) is 11.6. The molecule has 2 N–H and O–H groups in total. The Morgan fingerprint density at radius 1 is 1.34 bits per heavy atom. The van der Waals surface area contributed by atoms with E-state index in [2.05, 4.69) is 21.2 Å². The lowest BCUT2D eigenvalue weighted by Crippen LogP contribution is -2.36. The molecule has 2 aromatic carbocycles. The van der Waals surface area contributed by atoms with Gasteiger partial charge in [0.25, 0.3) is 0 Å². The van der Waals surface area contributed by atoms with Crippen molar-refractivity contribution >= 4 is 45.3 Å². The number of thioether (sulfide) groups is 1. The third kappa shape index (κ3) is 6.50. The molecule has 0 bridgehead atoms. The van der Waals surface area contributed by atoms with E-state index >= 15 is 0 Å². The molecule has 0 fully saturated rings. The van der Waals surface area contributed by atoms with Gasteiger partial charge < -0.3 is 19.9 Å². The Morgan fingerprint density at radius 2 is 2.10 bits per heavy atom. The molecule has 9 heteroatoms. The van der Waals surface area contributed by atoms with Gasteiger partial charge >= 0.3 is 5.97 Å². The highest BCUT2D eigenvalue weighted by Crippen LogP contribution is 2.37. The van der Waals surface area contributed by atoms with E-state index in [0.29, 0.717) is 23.5 Å². The molecule has 1 atom stereocenters. The number of halogens is 3. The summed E-state index contributed by atoms with van der Waals surface area (Å²) in [5.74, 6) is 0.183. The predicted octanol–water partition coefficient (Wildman–Crippen LogP) is 5.13. The lowest BCUT2D eigenvalue weighted by Gasteiger charge is -2.19. The molecule has 0 aliphatic rings. The van der Waals surface area contributed by atoms with Crippen molar-refractivity contribution < 1.29 is 23.8 Å². The van der Waals surface area contributed by atoms with Gasteiger partial charge in [-0.2, -0.15) is 11.8 Å². The maximum Gasteiger partial charge on any atom is 0.320 e. The van der Waals surface area contributed by atoms with Crippen LogP contribution in [0.1, 0.15) is 17.5 Å². The lowest BCUT2D eigenvalue weighted by atomic mass is 10.1. The van der Waals surface area contributed by atoms with Gasteiger partial charge in [0, 0.05) is 22.1 Å². The molecular formula is C20H22BrClFNO4S. The molecular weight excluding hydrogens is 485 g/mol. The normalized spacial score (nSPS) is 11.9. The molecule has 0 heterocycles. The van der Waals surface area contributed by atoms with Crippen molar-refractivity contribution in [2.24, 2.45) is 0 Å². The zero-order chi connectivity index (χ0) is 21.4. The summed E-state index contributed by atoms with van der Waals surface area (Å²) in [4.78, 5) is 11.5. The van der Waals surface area contributed by atoms with Gasteiger partial charge in [0.15, 0.2) is 11.5 Å². The fourth-order valence-electron chi connectivity index (χ4n) is 2.65. The van der Waals surface area contributed by atoms with E-state index < -0.39 is 17.8 Å². The second-order valence-corrected chi connectivity index (χ2v) is 8.35. The van der Waals surface area contributed by atoms with Crippen LogP contribution in [-0.2, 0) is 17.9 Å². The number of benzene rings is 2. The van der Waals surface area contributed by atoms with Crippen molar-refractivity contribution in [2.45, 2.75) is 25.6 Å². The highest BCUT2D eigenvalue weighted by atomic mass is 79.9. The molecule has 0 amide bonds. The molecule has 2 rings (SSSR count). The number of carboxylic acids is 1. The first-order chi connectivity index (χ1) is 13.9. The number of aliphatic carboxylic acids is 1. The Hall–Kier alpha value is -1.48. The van der Waals surface area contributed by atoms with Gasteiger partial charge in [0.1, 0.15) is 18.5 Å². The van der Waals surface area contributed by atoms with Gasteiger partial charge in [-0.1, -0.05) is 33.6 Å². The van der Waals surface area contributed by atoms with Gasteiger partial charge in [-0.25, -0.2) is 4.39 Å². The van der Waals surface area contributed by atoms with Gasteiger partial charge in [-0.15, -0.1) is 0 Å². The average Bonchev–Trinajstić information content (AvgIpc) is 2.68. The Morgan fingerprint density at radius 3 is 2.72 bits per heavy atom. The fraction of sp³-hybridized carbons (Fsp3) is 0.350. The SMILES string of the molecule is COc1ccc(Br)c(CNC(CCSC)C(=O)O)c1OCc1c(F)cccc1Cl. The van der Waals surface area contributed by atoms with Crippen LogP contribution < -0.4 is 14.8 Å². The molecule has 2 aromatic rings. The van der Waals surface area contributed by atoms with E-state index in [9.17, 15) is 14.3 Å². The monoisotopic (exact) mass is 505 g/mol. The van der Waals surface area contributed by atoms with Crippen molar-refractivity contribution in [3.8, 4) is 11.5 Å². The highest BCUT2D eigenvalue weighted by molar-refractivity contribution is 9.10. The van der Waals surface area contributed by atoms with Crippen LogP contribution in [-0.4, -0.2) is 36.2 Å². The van der Waals surface area contributed by atoms with Crippen molar-refractivity contribution in [3.05, 3.63) is 56.8 Å². The van der Waals surface area contributed by atoms with E-state index in [1.807, 2.05) is 6.26 Å². The summed E-state index contributed by atoms with van der Waals surface area (Å²) in [7, 11) is 1.50. The molecule has 0 saturated heterocycles. The summed E-state index contributed by atoms with van der Waals surface area (Å²) >= 11 is 11.1. The van der Waals surface area contributed by atoms with Crippen molar-refractivity contribution in [1.82, 2.24) is 5.32 Å². The Kier molecular flexibility index (Phi) is 9.55. The maximum atomic E-state index is 14.1. The minimum atomic E-state index is -0.918. The summed E-state index contributed by atoms with van der Waals surface area (Å²) in [6, 6.07) is 7.23. The predicted molar refractivity (Wildman–Crippen MR) is 118 cm³/mol. The number of rotatable bonds is 11. The smallest absolute Gasteiger partial charge is 0.320 e. The van der Waals surface area contributed by atoms with Crippen LogP contribution in [0, 0.1) is 5.82 Å². The average molecular weight is 507 g/mol. The van der Waals surface area contributed by atoms with Crippen molar-refractivity contribution in [3.63, 3.8) is 0 Å². The van der Waals surface area contributed by atoms with Gasteiger partial charge in [0.2, 0.25) is 0 Å². The highest BCUT2D eigenvalue weighted by Gasteiger charge is 2.20. The fourth-order valence-corrected chi connectivity index (χ4v) is 3.80. The lowest BCUT2D eigenvalue weighted by molar-refractivity contribution is -0.139. The molecule has 5 nitrogen and oxygen atoms in total. The first-order valence-electron chi connectivity index (χ1n) is 8.75. The standard InChI is InChI=1S/C20H22BrClFNO4S/c1-27-18-7-6-14(21)12(10-24-17(20(25)26)8-9-29-2)19(18)28-11-13-15(22)4-3-5-16(13)23/h3-7,17,24H,8-11H2,1-2H3,(H,25,26). The molecule has 0 saturated carbocycles. The van der Waals surface area contributed by atoms with Crippen LogP contribution >= 0.6 is 39.3 Å². The van der Waals surface area contributed by atoms with E-state index in [4.69, 9.17) is 21.1 Å². The van der Waals surface area contributed by atoms with Crippen molar-refractivity contribution in [1.29, 1.82) is 0 Å².